The molecule has 0 aliphatic carbocycles. The second kappa shape index (κ2) is 4.27. The molecule has 1 aromatic carbocycles. The summed E-state index contributed by atoms with van der Waals surface area (Å²) in [5.41, 5.74) is 7.46. The van der Waals surface area contributed by atoms with Gasteiger partial charge in [0.15, 0.2) is 0 Å². The highest BCUT2D eigenvalue weighted by molar-refractivity contribution is 7.93. The number of nitrogens with one attached hydrogen (secondary N) is 2. The predicted octanol–water partition coefficient (Wildman–Crippen LogP) is 1.85. The van der Waals surface area contributed by atoms with Crippen molar-refractivity contribution in [3.63, 3.8) is 0 Å². The molecule has 0 aliphatic heterocycles. The van der Waals surface area contributed by atoms with Crippen LogP contribution < -0.4 is 10.5 Å². The quantitative estimate of drug-likeness (QED) is 0.637. The lowest BCUT2D eigenvalue weighted by molar-refractivity contribution is 0.430. The molecule has 8 heteroatoms. The molecule has 20 heavy (non-hydrogen) atoms. The molecule has 0 radical (unpaired) electrons. The van der Waals surface area contributed by atoms with E-state index in [1.54, 1.807) is 25.1 Å². The molecule has 3 rings (SSSR count). The van der Waals surface area contributed by atoms with Gasteiger partial charge in [0, 0.05) is 28.9 Å². The fourth-order valence-corrected chi connectivity index (χ4v) is 3.08. The third kappa shape index (κ3) is 2.10. The van der Waals surface area contributed by atoms with Crippen molar-refractivity contribution in [1.82, 2.24) is 10.1 Å². The number of anilines is 2. The van der Waals surface area contributed by atoms with Gasteiger partial charge < -0.3 is 15.2 Å². The van der Waals surface area contributed by atoms with Crippen molar-refractivity contribution in [2.45, 2.75) is 11.8 Å². The van der Waals surface area contributed by atoms with Crippen LogP contribution in [0.3, 0.4) is 0 Å². The van der Waals surface area contributed by atoms with Crippen LogP contribution >= 0.6 is 0 Å². The Kier molecular flexibility index (Phi) is 2.68. The molecule has 0 fully saturated rings. The standard InChI is InChI=1S/C12H12N4O3S/c1-7-4-12(19-15-7)16-20(17,18)11-6-14-10-3-2-8(13)5-9(10)11/h2-6,14,16H,13H2,1H3. The lowest BCUT2D eigenvalue weighted by atomic mass is 10.2. The number of nitrogens with two attached hydrogens (primary N) is 1. The number of nitrogens with zero attached hydrogens (tertiary/aromatic N) is 1. The van der Waals surface area contributed by atoms with E-state index in [-0.39, 0.29) is 10.8 Å². The van der Waals surface area contributed by atoms with Crippen LogP contribution in [-0.4, -0.2) is 18.6 Å². The van der Waals surface area contributed by atoms with Crippen molar-refractivity contribution in [1.29, 1.82) is 0 Å². The Labute approximate surface area is 114 Å². The molecular weight excluding hydrogens is 280 g/mol. The van der Waals surface area contributed by atoms with Crippen molar-refractivity contribution in [2.75, 3.05) is 10.5 Å². The van der Waals surface area contributed by atoms with Gasteiger partial charge in [-0.05, 0) is 25.1 Å². The second-order valence-electron chi connectivity index (χ2n) is 4.40. The first-order chi connectivity index (χ1) is 9.45. The summed E-state index contributed by atoms with van der Waals surface area (Å²) in [7, 11) is -3.77. The van der Waals surface area contributed by atoms with E-state index in [1.807, 2.05) is 0 Å². The molecule has 0 unspecified atom stereocenters. The first kappa shape index (κ1) is 12.5. The molecule has 0 amide bonds. The molecule has 2 heterocycles. The van der Waals surface area contributed by atoms with Crippen LogP contribution in [0.4, 0.5) is 11.6 Å². The van der Waals surface area contributed by atoms with E-state index in [0.717, 1.165) is 0 Å². The van der Waals surface area contributed by atoms with Gasteiger partial charge in [0.25, 0.3) is 10.0 Å². The van der Waals surface area contributed by atoms with E-state index < -0.39 is 10.0 Å². The molecule has 7 nitrogen and oxygen atoms in total. The maximum Gasteiger partial charge on any atom is 0.266 e. The Balaban J connectivity index is 2.07. The molecule has 2 aromatic heterocycles. The number of rotatable bonds is 3. The zero-order chi connectivity index (χ0) is 14.3. The van der Waals surface area contributed by atoms with Gasteiger partial charge in [0.05, 0.1) is 5.69 Å². The lowest BCUT2D eigenvalue weighted by Gasteiger charge is -2.03. The summed E-state index contributed by atoms with van der Waals surface area (Å²) >= 11 is 0. The van der Waals surface area contributed by atoms with Crippen LogP contribution in [0.25, 0.3) is 10.9 Å². The van der Waals surface area contributed by atoms with Crippen LogP contribution in [0.15, 0.2) is 39.9 Å². The summed E-state index contributed by atoms with van der Waals surface area (Å²) in [6.45, 7) is 1.70. The van der Waals surface area contributed by atoms with Crippen LogP contribution in [0.2, 0.25) is 0 Å². The fraction of sp³-hybridized carbons (Fsp3) is 0.0833. The summed E-state index contributed by atoms with van der Waals surface area (Å²) in [5.74, 6) is 0.0701. The topological polar surface area (TPSA) is 114 Å². The van der Waals surface area contributed by atoms with Gasteiger partial charge in [0.2, 0.25) is 5.88 Å². The molecule has 4 N–H and O–H groups in total. The van der Waals surface area contributed by atoms with Crippen LogP contribution in [0.5, 0.6) is 0 Å². The Morgan fingerprint density at radius 2 is 2.15 bits per heavy atom. The minimum Gasteiger partial charge on any atom is -0.399 e. The molecule has 0 bridgehead atoms. The number of H-pyrrole nitrogens is 1. The minimum absolute atomic E-state index is 0.0701. The third-order valence-corrected chi connectivity index (χ3v) is 4.21. The summed E-state index contributed by atoms with van der Waals surface area (Å²) in [5, 5.41) is 4.15. The van der Waals surface area contributed by atoms with Gasteiger partial charge in [-0.15, -0.1) is 0 Å². The van der Waals surface area contributed by atoms with Crippen molar-refractivity contribution < 1.29 is 12.9 Å². The van der Waals surface area contributed by atoms with Crippen molar-refractivity contribution in [3.8, 4) is 0 Å². The number of sulfonamides is 1. The molecule has 0 saturated carbocycles. The number of fused-ring (bicyclic) bond motifs is 1. The third-order valence-electron chi connectivity index (χ3n) is 2.82. The van der Waals surface area contributed by atoms with Crippen LogP contribution in [0, 0.1) is 6.92 Å². The smallest absolute Gasteiger partial charge is 0.266 e. The van der Waals surface area contributed by atoms with Gasteiger partial charge in [-0.25, -0.2) is 13.1 Å². The summed E-state index contributed by atoms with van der Waals surface area (Å²) in [6.07, 6.45) is 1.41. The number of hydrogen-bond acceptors (Lipinski definition) is 5. The number of nitrogen functional groups attached to an aromatic ring is 1. The van der Waals surface area contributed by atoms with E-state index in [4.69, 9.17) is 10.3 Å². The number of aromatic amines is 1. The largest absolute Gasteiger partial charge is 0.399 e. The maximum absolute atomic E-state index is 12.3. The van der Waals surface area contributed by atoms with Gasteiger partial charge >= 0.3 is 0 Å². The molecule has 104 valence electrons. The van der Waals surface area contributed by atoms with Gasteiger partial charge in [-0.2, -0.15) is 0 Å². The molecule has 0 saturated heterocycles. The summed E-state index contributed by atoms with van der Waals surface area (Å²) < 4.78 is 31.9. The lowest BCUT2D eigenvalue weighted by Crippen LogP contribution is -2.12. The van der Waals surface area contributed by atoms with Crippen molar-refractivity contribution in [2.24, 2.45) is 0 Å². The van der Waals surface area contributed by atoms with Gasteiger partial charge in [-0.3, -0.25) is 0 Å². The average molecular weight is 292 g/mol. The molecule has 0 spiro atoms. The van der Waals surface area contributed by atoms with Crippen molar-refractivity contribution in [3.05, 3.63) is 36.2 Å². The van der Waals surface area contributed by atoms with E-state index in [0.29, 0.717) is 22.3 Å². The van der Waals surface area contributed by atoms with Crippen LogP contribution in [-0.2, 0) is 10.0 Å². The highest BCUT2D eigenvalue weighted by Gasteiger charge is 2.20. The van der Waals surface area contributed by atoms with E-state index in [9.17, 15) is 8.42 Å². The number of aromatic nitrogens is 2. The summed E-state index contributed by atoms with van der Waals surface area (Å²) in [6, 6.07) is 6.53. The first-order valence-electron chi connectivity index (χ1n) is 5.78. The maximum atomic E-state index is 12.3. The van der Waals surface area contributed by atoms with E-state index in [1.165, 1.54) is 12.3 Å². The normalized spacial score (nSPS) is 11.8. The first-order valence-corrected chi connectivity index (χ1v) is 7.27. The zero-order valence-corrected chi connectivity index (χ0v) is 11.4. The van der Waals surface area contributed by atoms with Gasteiger partial charge in [0.1, 0.15) is 4.90 Å². The Hall–Kier alpha value is -2.48. The molecular formula is C12H12N4O3S. The highest BCUT2D eigenvalue weighted by Crippen LogP contribution is 2.26. The number of benzene rings is 1. The number of aryl methyl sites for hydroxylation is 1. The monoisotopic (exact) mass is 292 g/mol. The zero-order valence-electron chi connectivity index (χ0n) is 10.5. The van der Waals surface area contributed by atoms with E-state index in [2.05, 4.69) is 14.9 Å². The minimum atomic E-state index is -3.77. The SMILES string of the molecule is Cc1cc(NS(=O)(=O)c2c[nH]c3ccc(N)cc23)on1. The van der Waals surface area contributed by atoms with Gasteiger partial charge in [-0.1, -0.05) is 5.16 Å². The molecule has 0 atom stereocenters. The highest BCUT2D eigenvalue weighted by atomic mass is 32.2. The Morgan fingerprint density at radius 1 is 1.35 bits per heavy atom. The number of hydrogen-bond donors (Lipinski definition) is 3. The Bertz CT molecular complexity index is 879. The summed E-state index contributed by atoms with van der Waals surface area (Å²) in [4.78, 5) is 3.00. The predicted molar refractivity (Wildman–Crippen MR) is 74.8 cm³/mol. The van der Waals surface area contributed by atoms with Crippen LogP contribution in [0.1, 0.15) is 5.69 Å². The average Bonchev–Trinajstić information content (AvgIpc) is 2.95. The van der Waals surface area contributed by atoms with E-state index >= 15 is 0 Å². The Morgan fingerprint density at radius 3 is 2.85 bits per heavy atom. The molecule has 0 aliphatic rings. The fourth-order valence-electron chi connectivity index (χ4n) is 1.93. The second-order valence-corrected chi connectivity index (χ2v) is 6.05. The molecule has 3 aromatic rings. The van der Waals surface area contributed by atoms with Crippen molar-refractivity contribution >= 4 is 32.5 Å².